The highest BCUT2D eigenvalue weighted by Crippen LogP contribution is 2.45. The van der Waals surface area contributed by atoms with Crippen LogP contribution in [0.5, 0.6) is 0 Å². The highest BCUT2D eigenvalue weighted by atomic mass is 32.2. The van der Waals surface area contributed by atoms with Gasteiger partial charge >= 0.3 is 6.36 Å². The number of hydrogen-bond acceptors (Lipinski definition) is 4. The lowest BCUT2D eigenvalue weighted by atomic mass is 9.73. The third-order valence-electron chi connectivity index (χ3n) is 4.18. The van der Waals surface area contributed by atoms with Gasteiger partial charge in [-0.05, 0) is 31.6 Å². The topological polar surface area (TPSA) is 89.6 Å². The molecule has 9 heteroatoms. The van der Waals surface area contributed by atoms with Crippen molar-refractivity contribution in [3.05, 3.63) is 24.3 Å². The van der Waals surface area contributed by atoms with Crippen LogP contribution in [-0.4, -0.2) is 36.8 Å². The van der Waals surface area contributed by atoms with E-state index in [0.717, 1.165) is 12.2 Å². The Labute approximate surface area is 126 Å². The van der Waals surface area contributed by atoms with Crippen LogP contribution in [0.3, 0.4) is 0 Å². The Morgan fingerprint density at radius 2 is 1.77 bits per heavy atom. The van der Waals surface area contributed by atoms with E-state index in [4.69, 9.17) is 5.14 Å². The van der Waals surface area contributed by atoms with Crippen molar-refractivity contribution in [2.24, 2.45) is 11.1 Å². The van der Waals surface area contributed by atoms with Gasteiger partial charge in [0.1, 0.15) is 10.9 Å². The Kier molecular flexibility index (Phi) is 4.72. The van der Waals surface area contributed by atoms with E-state index in [1.807, 2.05) is 0 Å². The number of ether oxygens (including phenoxy) is 1. The van der Waals surface area contributed by atoms with Gasteiger partial charge in [0.05, 0.1) is 6.10 Å². The molecule has 2 atom stereocenters. The van der Waals surface area contributed by atoms with Crippen molar-refractivity contribution in [1.82, 2.24) is 0 Å². The van der Waals surface area contributed by atoms with Gasteiger partial charge in [0.2, 0.25) is 10.0 Å². The number of aliphatic hydroxyl groups excluding tert-OH is 1. The minimum Gasteiger partial charge on any atom is -0.393 e. The number of hydrogen-bond donors (Lipinski definition) is 2. The van der Waals surface area contributed by atoms with Crippen molar-refractivity contribution in [2.75, 3.05) is 0 Å². The highest BCUT2D eigenvalue weighted by molar-refractivity contribution is 7.90. The molecule has 126 valence electrons. The average molecular weight is 341 g/mol. The molecule has 2 rings (SSSR count). The number of rotatable bonds is 3. The van der Waals surface area contributed by atoms with Gasteiger partial charge in [0, 0.05) is 0 Å². The molecule has 0 heterocycles. The standard InChI is InChI=1S/C13H18F3NO4S/c14-13(15,16)21-12(9-4-6-10(18)7-5-9)8-2-1-3-11(12)22(17,19)20/h1-3,8-11,18H,4-7H2,(H2,17,19,20)/t9-,10-,11?,12?. The van der Waals surface area contributed by atoms with Gasteiger partial charge in [-0.2, -0.15) is 0 Å². The lowest BCUT2D eigenvalue weighted by Crippen LogP contribution is -2.57. The van der Waals surface area contributed by atoms with E-state index in [1.54, 1.807) is 0 Å². The summed E-state index contributed by atoms with van der Waals surface area (Å²) in [5.41, 5.74) is -2.10. The minimum absolute atomic E-state index is 0.224. The van der Waals surface area contributed by atoms with Crippen molar-refractivity contribution in [1.29, 1.82) is 0 Å². The van der Waals surface area contributed by atoms with E-state index in [9.17, 15) is 26.7 Å². The van der Waals surface area contributed by atoms with E-state index >= 15 is 0 Å². The summed E-state index contributed by atoms with van der Waals surface area (Å²) in [6.45, 7) is 0. The molecule has 1 fully saturated rings. The van der Waals surface area contributed by atoms with Crippen molar-refractivity contribution in [2.45, 2.75) is 49.0 Å². The predicted octanol–water partition coefficient (Wildman–Crippen LogP) is 1.60. The lowest BCUT2D eigenvalue weighted by molar-refractivity contribution is -0.366. The summed E-state index contributed by atoms with van der Waals surface area (Å²) in [5, 5.41) is 13.0. The van der Waals surface area contributed by atoms with Gasteiger partial charge < -0.3 is 5.11 Å². The van der Waals surface area contributed by atoms with Crippen LogP contribution in [-0.2, 0) is 14.8 Å². The minimum atomic E-state index is -5.01. The monoisotopic (exact) mass is 341 g/mol. The molecule has 2 unspecified atom stereocenters. The zero-order valence-electron chi connectivity index (χ0n) is 11.7. The van der Waals surface area contributed by atoms with Crippen LogP contribution in [0.25, 0.3) is 0 Å². The SMILES string of the molecule is NS(=O)(=O)C1C=CC=CC1(OC(F)(F)F)[C@H]1CC[C@H](O)CC1. The first-order valence-electron chi connectivity index (χ1n) is 6.87. The third-order valence-corrected chi connectivity index (χ3v) is 5.41. The summed E-state index contributed by atoms with van der Waals surface area (Å²) in [7, 11) is -4.29. The Hall–Kier alpha value is -0.900. The highest BCUT2D eigenvalue weighted by Gasteiger charge is 2.55. The zero-order chi connectivity index (χ0) is 16.6. The van der Waals surface area contributed by atoms with E-state index in [-0.39, 0.29) is 12.8 Å². The first-order valence-corrected chi connectivity index (χ1v) is 8.48. The first-order chi connectivity index (χ1) is 10.0. The summed E-state index contributed by atoms with van der Waals surface area (Å²) in [5.74, 6) is -0.706. The zero-order valence-corrected chi connectivity index (χ0v) is 12.5. The quantitative estimate of drug-likeness (QED) is 0.816. The average Bonchev–Trinajstić information content (AvgIpc) is 2.36. The molecular formula is C13H18F3NO4S. The van der Waals surface area contributed by atoms with Crippen LogP contribution in [0.4, 0.5) is 13.2 Å². The van der Waals surface area contributed by atoms with Crippen molar-refractivity contribution < 1.29 is 31.4 Å². The van der Waals surface area contributed by atoms with E-state index in [1.165, 1.54) is 12.2 Å². The summed E-state index contributed by atoms with van der Waals surface area (Å²) >= 11 is 0. The number of allylic oxidation sites excluding steroid dienone is 2. The molecule has 0 aromatic heterocycles. The van der Waals surface area contributed by atoms with Crippen LogP contribution in [0, 0.1) is 5.92 Å². The molecule has 0 radical (unpaired) electrons. The maximum absolute atomic E-state index is 12.9. The molecule has 2 aliphatic carbocycles. The summed E-state index contributed by atoms with van der Waals surface area (Å²) in [6, 6.07) is 0. The van der Waals surface area contributed by atoms with Crippen LogP contribution >= 0.6 is 0 Å². The van der Waals surface area contributed by atoms with Crippen LogP contribution in [0.15, 0.2) is 24.3 Å². The fraction of sp³-hybridized carbons (Fsp3) is 0.692. The maximum Gasteiger partial charge on any atom is 0.523 e. The molecule has 2 aliphatic rings. The number of alkyl halides is 3. The van der Waals surface area contributed by atoms with Crippen molar-refractivity contribution in [3.8, 4) is 0 Å². The Morgan fingerprint density at radius 1 is 1.18 bits per heavy atom. The smallest absolute Gasteiger partial charge is 0.393 e. The molecule has 0 saturated heterocycles. The fourth-order valence-electron chi connectivity index (χ4n) is 3.25. The fourth-order valence-corrected chi connectivity index (χ4v) is 4.40. The Bertz CT molecular complexity index is 564. The number of halogens is 3. The number of aliphatic hydroxyl groups is 1. The molecular weight excluding hydrogens is 323 g/mol. The first kappa shape index (κ1) is 17.5. The maximum atomic E-state index is 12.9. The summed E-state index contributed by atoms with van der Waals surface area (Å²) in [4.78, 5) is 0. The van der Waals surface area contributed by atoms with Gasteiger partial charge in [-0.1, -0.05) is 24.3 Å². The Morgan fingerprint density at radius 3 is 2.27 bits per heavy atom. The second kappa shape index (κ2) is 5.95. The molecule has 0 bridgehead atoms. The van der Waals surface area contributed by atoms with Crippen LogP contribution in [0.1, 0.15) is 25.7 Å². The van der Waals surface area contributed by atoms with Crippen LogP contribution in [0.2, 0.25) is 0 Å². The molecule has 0 spiro atoms. The van der Waals surface area contributed by atoms with E-state index in [2.05, 4.69) is 4.74 Å². The summed E-state index contributed by atoms with van der Waals surface area (Å²) < 4.78 is 66.6. The van der Waals surface area contributed by atoms with Gasteiger partial charge in [0.25, 0.3) is 0 Å². The van der Waals surface area contributed by atoms with E-state index < -0.39 is 39.3 Å². The molecule has 5 nitrogen and oxygen atoms in total. The van der Waals surface area contributed by atoms with Gasteiger partial charge in [-0.25, -0.2) is 13.6 Å². The third kappa shape index (κ3) is 3.70. The van der Waals surface area contributed by atoms with Crippen LogP contribution < -0.4 is 5.14 Å². The molecule has 0 aromatic carbocycles. The van der Waals surface area contributed by atoms with Gasteiger partial charge in [-0.15, -0.1) is 13.2 Å². The molecule has 3 N–H and O–H groups in total. The van der Waals surface area contributed by atoms with E-state index in [0.29, 0.717) is 12.8 Å². The summed E-state index contributed by atoms with van der Waals surface area (Å²) in [6.07, 6.45) is 0.352. The number of sulfonamides is 1. The molecule has 1 saturated carbocycles. The van der Waals surface area contributed by atoms with Gasteiger partial charge in [0.15, 0.2) is 0 Å². The molecule has 0 amide bonds. The Balaban J connectivity index is 2.45. The second-order valence-corrected chi connectivity index (χ2v) is 7.35. The molecule has 22 heavy (non-hydrogen) atoms. The lowest BCUT2D eigenvalue weighted by Gasteiger charge is -2.45. The normalized spacial score (nSPS) is 36.5. The van der Waals surface area contributed by atoms with Crippen molar-refractivity contribution in [3.63, 3.8) is 0 Å². The number of nitrogens with two attached hydrogens (primary N) is 1. The largest absolute Gasteiger partial charge is 0.523 e. The van der Waals surface area contributed by atoms with Gasteiger partial charge in [-0.3, -0.25) is 4.74 Å². The number of primary sulfonamides is 1. The molecule has 0 aliphatic heterocycles. The predicted molar refractivity (Wildman–Crippen MR) is 73.0 cm³/mol. The van der Waals surface area contributed by atoms with Crippen molar-refractivity contribution >= 4 is 10.0 Å². The molecule has 0 aromatic rings. The second-order valence-electron chi connectivity index (χ2n) is 5.66.